The molecule has 1 saturated heterocycles. The number of rotatable bonds is 5. The Hall–Kier alpha value is -2.67. The van der Waals surface area contributed by atoms with E-state index in [1.54, 1.807) is 11.1 Å². The van der Waals surface area contributed by atoms with Crippen molar-refractivity contribution in [3.63, 3.8) is 0 Å². The van der Waals surface area contributed by atoms with E-state index in [1.165, 1.54) is 0 Å². The second kappa shape index (κ2) is 6.92. The van der Waals surface area contributed by atoms with E-state index in [0.717, 1.165) is 35.5 Å². The molecule has 4 heterocycles. The lowest BCUT2D eigenvalue weighted by Gasteiger charge is -2.19. The molecular weight excluding hydrogens is 332 g/mol. The van der Waals surface area contributed by atoms with E-state index in [1.807, 2.05) is 25.1 Å². The van der Waals surface area contributed by atoms with Crippen LogP contribution in [0, 0.1) is 12.8 Å². The number of fused-ring (bicyclic) bond motifs is 1. The number of carbonyl (C=O) groups is 1. The molecule has 1 fully saturated rings. The van der Waals surface area contributed by atoms with Crippen molar-refractivity contribution >= 4 is 17.4 Å². The van der Waals surface area contributed by atoms with E-state index < -0.39 is 0 Å². The van der Waals surface area contributed by atoms with Gasteiger partial charge in [0.1, 0.15) is 5.82 Å². The zero-order chi connectivity index (χ0) is 18.1. The quantitative estimate of drug-likeness (QED) is 0.881. The highest BCUT2D eigenvalue weighted by atomic mass is 16.5. The van der Waals surface area contributed by atoms with Gasteiger partial charge in [-0.2, -0.15) is 4.98 Å². The molecule has 7 nitrogen and oxygen atoms in total. The van der Waals surface area contributed by atoms with Gasteiger partial charge in [-0.15, -0.1) is 0 Å². The molecule has 4 rings (SSSR count). The molecule has 26 heavy (non-hydrogen) atoms. The van der Waals surface area contributed by atoms with Gasteiger partial charge in [0.25, 0.3) is 0 Å². The lowest BCUT2D eigenvalue weighted by atomic mass is 10.1. The number of hydrogen-bond acceptors (Lipinski definition) is 6. The maximum atomic E-state index is 12.5. The number of aryl methyl sites for hydroxylation is 1. The molecule has 1 unspecified atom stereocenters. The molecule has 1 amide bonds. The lowest BCUT2D eigenvalue weighted by molar-refractivity contribution is -0.117. The highest BCUT2D eigenvalue weighted by molar-refractivity contribution is 6.02. The largest absolute Gasteiger partial charge is 0.477 e. The van der Waals surface area contributed by atoms with Crippen molar-refractivity contribution in [3.05, 3.63) is 41.2 Å². The Balaban J connectivity index is 1.55. The summed E-state index contributed by atoms with van der Waals surface area (Å²) in [6.45, 7) is 4.43. The van der Waals surface area contributed by atoms with E-state index in [-0.39, 0.29) is 12.3 Å². The van der Waals surface area contributed by atoms with Gasteiger partial charge in [0.15, 0.2) is 0 Å². The molecule has 136 valence electrons. The van der Waals surface area contributed by atoms with Crippen LogP contribution in [0.2, 0.25) is 0 Å². The second-order valence-corrected chi connectivity index (χ2v) is 6.85. The van der Waals surface area contributed by atoms with Gasteiger partial charge in [-0.3, -0.25) is 9.78 Å². The van der Waals surface area contributed by atoms with E-state index in [9.17, 15) is 4.79 Å². The number of hydrogen-bond donors (Lipinski definition) is 1. The predicted octanol–water partition coefficient (Wildman–Crippen LogP) is 1.87. The first-order valence-electron chi connectivity index (χ1n) is 8.82. The molecule has 2 N–H and O–H groups in total. The molecule has 7 heteroatoms. The van der Waals surface area contributed by atoms with Gasteiger partial charge in [-0.1, -0.05) is 6.07 Å². The minimum absolute atomic E-state index is 0.00965. The van der Waals surface area contributed by atoms with Crippen molar-refractivity contribution in [3.8, 4) is 5.88 Å². The zero-order valence-corrected chi connectivity index (χ0v) is 14.8. The average Bonchev–Trinajstić information content (AvgIpc) is 3.24. The van der Waals surface area contributed by atoms with Gasteiger partial charge in [0.05, 0.1) is 31.9 Å². The minimum atomic E-state index is 0.00965. The number of carbonyl (C=O) groups excluding carboxylic acids is 1. The van der Waals surface area contributed by atoms with Crippen LogP contribution in [0.15, 0.2) is 24.4 Å². The molecule has 0 aliphatic carbocycles. The summed E-state index contributed by atoms with van der Waals surface area (Å²) in [4.78, 5) is 22.8. The highest BCUT2D eigenvalue weighted by Gasteiger charge is 2.31. The number of amides is 1. The standard InChI is InChI=1S/C19H22N4O3/c1-12-2-3-13(8-21-12)9-23-16-7-17(26-11-14-4-5-25-10-14)22-19(20)15(16)6-18(23)24/h2-3,7-8,14H,4-6,9-11H2,1H3,(H2,20,22). The van der Waals surface area contributed by atoms with Crippen molar-refractivity contribution in [2.45, 2.75) is 26.3 Å². The molecule has 2 aromatic rings. The molecule has 2 aromatic heterocycles. The van der Waals surface area contributed by atoms with Gasteiger partial charge < -0.3 is 20.1 Å². The summed E-state index contributed by atoms with van der Waals surface area (Å²) in [6, 6.07) is 5.74. The number of pyridine rings is 2. The first-order valence-corrected chi connectivity index (χ1v) is 8.82. The maximum absolute atomic E-state index is 12.5. The van der Waals surface area contributed by atoms with Crippen LogP contribution in [0.1, 0.15) is 23.2 Å². The third-order valence-corrected chi connectivity index (χ3v) is 4.83. The Labute approximate surface area is 152 Å². The van der Waals surface area contributed by atoms with Crippen LogP contribution in [0.25, 0.3) is 0 Å². The topological polar surface area (TPSA) is 90.6 Å². The fourth-order valence-corrected chi connectivity index (χ4v) is 3.30. The summed E-state index contributed by atoms with van der Waals surface area (Å²) in [5, 5.41) is 0. The van der Waals surface area contributed by atoms with Gasteiger partial charge in [-0.25, -0.2) is 0 Å². The number of nitrogens with zero attached hydrogens (tertiary/aromatic N) is 3. The minimum Gasteiger partial charge on any atom is -0.477 e. The summed E-state index contributed by atoms with van der Waals surface area (Å²) in [6.07, 6.45) is 3.05. The van der Waals surface area contributed by atoms with E-state index in [2.05, 4.69) is 9.97 Å². The van der Waals surface area contributed by atoms with Gasteiger partial charge in [0.2, 0.25) is 11.8 Å². The van der Waals surface area contributed by atoms with Crippen molar-refractivity contribution in [2.75, 3.05) is 30.5 Å². The summed E-state index contributed by atoms with van der Waals surface area (Å²) in [7, 11) is 0. The van der Waals surface area contributed by atoms with Gasteiger partial charge in [-0.05, 0) is 25.0 Å². The second-order valence-electron chi connectivity index (χ2n) is 6.85. The monoisotopic (exact) mass is 354 g/mol. The van der Waals surface area contributed by atoms with Crippen molar-refractivity contribution in [2.24, 2.45) is 5.92 Å². The van der Waals surface area contributed by atoms with Crippen LogP contribution in [-0.4, -0.2) is 35.7 Å². The van der Waals surface area contributed by atoms with E-state index in [4.69, 9.17) is 15.2 Å². The van der Waals surface area contributed by atoms with Crippen LogP contribution in [0.4, 0.5) is 11.5 Å². The fourth-order valence-electron chi connectivity index (χ4n) is 3.30. The number of nitrogen functional groups attached to an aromatic ring is 1. The Morgan fingerprint density at radius 1 is 1.42 bits per heavy atom. The zero-order valence-electron chi connectivity index (χ0n) is 14.8. The number of nitrogens with two attached hydrogens (primary N) is 1. The molecule has 2 aliphatic heterocycles. The Morgan fingerprint density at radius 2 is 2.31 bits per heavy atom. The third kappa shape index (κ3) is 3.35. The van der Waals surface area contributed by atoms with E-state index in [0.29, 0.717) is 37.4 Å². The first kappa shape index (κ1) is 16.8. The Morgan fingerprint density at radius 3 is 3.04 bits per heavy atom. The Kier molecular flexibility index (Phi) is 4.46. The van der Waals surface area contributed by atoms with Crippen molar-refractivity contribution < 1.29 is 14.3 Å². The van der Waals surface area contributed by atoms with Crippen LogP contribution in [-0.2, 0) is 22.5 Å². The van der Waals surface area contributed by atoms with Gasteiger partial charge in [0, 0.05) is 36.0 Å². The maximum Gasteiger partial charge on any atom is 0.231 e. The molecule has 0 saturated carbocycles. The van der Waals surface area contributed by atoms with Crippen LogP contribution in [0.3, 0.4) is 0 Å². The lowest BCUT2D eigenvalue weighted by Crippen LogP contribution is -2.26. The Bertz CT molecular complexity index is 816. The summed E-state index contributed by atoms with van der Waals surface area (Å²) in [5.74, 6) is 1.20. The number of aromatic nitrogens is 2. The van der Waals surface area contributed by atoms with E-state index >= 15 is 0 Å². The number of anilines is 2. The summed E-state index contributed by atoms with van der Waals surface area (Å²) >= 11 is 0. The van der Waals surface area contributed by atoms with Crippen molar-refractivity contribution in [1.29, 1.82) is 0 Å². The van der Waals surface area contributed by atoms with Crippen LogP contribution < -0.4 is 15.4 Å². The summed E-state index contributed by atoms with van der Waals surface area (Å²) in [5.41, 5.74) is 9.55. The smallest absolute Gasteiger partial charge is 0.231 e. The van der Waals surface area contributed by atoms with Crippen LogP contribution in [0.5, 0.6) is 5.88 Å². The molecule has 0 radical (unpaired) electrons. The first-order chi connectivity index (χ1) is 12.6. The molecular formula is C19H22N4O3. The van der Waals surface area contributed by atoms with Gasteiger partial charge >= 0.3 is 0 Å². The summed E-state index contributed by atoms with van der Waals surface area (Å²) < 4.78 is 11.2. The van der Waals surface area contributed by atoms with Crippen LogP contribution >= 0.6 is 0 Å². The third-order valence-electron chi connectivity index (χ3n) is 4.83. The molecule has 0 aromatic carbocycles. The normalized spacial score (nSPS) is 19.0. The predicted molar refractivity (Wildman–Crippen MR) is 96.9 cm³/mol. The van der Waals surface area contributed by atoms with Crippen molar-refractivity contribution in [1.82, 2.24) is 9.97 Å². The molecule has 1 atom stereocenters. The number of ether oxygens (including phenoxy) is 2. The molecule has 2 aliphatic rings. The fraction of sp³-hybridized carbons (Fsp3) is 0.421. The highest BCUT2D eigenvalue weighted by Crippen LogP contribution is 2.36. The molecule has 0 spiro atoms. The average molecular weight is 354 g/mol. The SMILES string of the molecule is Cc1ccc(CN2C(=O)Cc3c2cc(OCC2CCOC2)nc3N)cn1. The molecule has 0 bridgehead atoms.